The van der Waals surface area contributed by atoms with Crippen molar-refractivity contribution in [2.45, 2.75) is 26.1 Å². The van der Waals surface area contributed by atoms with Crippen molar-refractivity contribution in [2.24, 2.45) is 0 Å². The van der Waals surface area contributed by atoms with E-state index in [-0.39, 0.29) is 12.2 Å². The number of hydrogen-bond acceptors (Lipinski definition) is 9. The van der Waals surface area contributed by atoms with Crippen LogP contribution in [-0.2, 0) is 23.5 Å². The monoisotopic (exact) mass is 746 g/mol. The lowest BCUT2D eigenvalue weighted by Gasteiger charge is -2.25. The standard InChI is InChI=1S/C44H47N2O7P/c1-32-30-54(47,40-6-4-3-5-7-40)31-33(2)51-27-23-49-25-29-53-39-18-12-35(13-19-39)42-21-15-37-9-8-36-14-20-41(45-43(36)44(37)46-42)34-10-16-38(17-11-34)52-28-24-48-22-26-50-32/h3-21,32-33H,22-31H2,1-2H3/t32-,33-/m0/s1. The summed E-state index contributed by atoms with van der Waals surface area (Å²) in [6, 6.07) is 38.0. The number of rotatable bonds is 1. The van der Waals surface area contributed by atoms with Gasteiger partial charge in [0.1, 0.15) is 31.9 Å². The van der Waals surface area contributed by atoms with E-state index < -0.39 is 7.14 Å². The molecule has 0 spiro atoms. The number of hydrogen-bond donors (Lipinski definition) is 0. The highest BCUT2D eigenvalue weighted by Crippen LogP contribution is 2.46. The molecule has 0 saturated carbocycles. The Morgan fingerprint density at radius 3 is 1.39 bits per heavy atom. The molecule has 0 amide bonds. The normalized spacial score (nSPS) is 21.3. The average molecular weight is 747 g/mol. The van der Waals surface area contributed by atoms with E-state index in [1.165, 1.54) is 0 Å². The molecule has 9 nitrogen and oxygen atoms in total. The highest BCUT2D eigenvalue weighted by atomic mass is 31.2. The first kappa shape index (κ1) is 37.7. The quantitative estimate of drug-likeness (QED) is 0.121. The second-order valence-electron chi connectivity index (χ2n) is 13.5. The maximum atomic E-state index is 14.4. The van der Waals surface area contributed by atoms with Gasteiger partial charge in [-0.3, -0.25) is 0 Å². The first-order chi connectivity index (χ1) is 26.4. The maximum absolute atomic E-state index is 14.4. The van der Waals surface area contributed by atoms with Crippen LogP contribution in [0.15, 0.2) is 115 Å². The number of pyridine rings is 2. The van der Waals surface area contributed by atoms with E-state index in [1.54, 1.807) is 0 Å². The Morgan fingerprint density at radius 1 is 0.500 bits per heavy atom. The molecule has 2 atom stereocenters. The lowest BCUT2D eigenvalue weighted by atomic mass is 10.1. The fourth-order valence-corrected chi connectivity index (χ4v) is 9.87. The lowest BCUT2D eigenvalue weighted by molar-refractivity contribution is 0.0111. The van der Waals surface area contributed by atoms with Gasteiger partial charge in [0, 0.05) is 39.5 Å². The Bertz CT molecular complexity index is 2030. The number of nitrogens with zero attached hydrogens (tertiary/aromatic N) is 2. The molecule has 0 fully saturated rings. The summed E-state index contributed by atoms with van der Waals surface area (Å²) in [7, 11) is -2.81. The van der Waals surface area contributed by atoms with Gasteiger partial charge in [-0.05, 0) is 74.5 Å². The van der Waals surface area contributed by atoms with Crippen molar-refractivity contribution >= 4 is 34.3 Å². The molecule has 0 N–H and O–H groups in total. The van der Waals surface area contributed by atoms with Gasteiger partial charge in [0.2, 0.25) is 0 Å². The van der Waals surface area contributed by atoms with Gasteiger partial charge in [-0.25, -0.2) is 9.97 Å². The van der Waals surface area contributed by atoms with Crippen molar-refractivity contribution in [3.05, 3.63) is 115 Å². The van der Waals surface area contributed by atoms with Crippen LogP contribution in [-0.4, -0.2) is 87.4 Å². The van der Waals surface area contributed by atoms with Gasteiger partial charge < -0.3 is 33.0 Å². The third-order valence-corrected chi connectivity index (χ3v) is 12.9. The molecule has 0 aliphatic carbocycles. The Morgan fingerprint density at radius 2 is 0.926 bits per heavy atom. The van der Waals surface area contributed by atoms with Crippen LogP contribution in [0.2, 0.25) is 0 Å². The summed E-state index contributed by atoms with van der Waals surface area (Å²) < 4.78 is 50.0. The Hall–Kier alpha value is -4.63. The molecular formula is C44H47N2O7P. The first-order valence-corrected chi connectivity index (χ1v) is 20.7. The van der Waals surface area contributed by atoms with Crippen molar-refractivity contribution < 1.29 is 33.0 Å². The summed E-state index contributed by atoms with van der Waals surface area (Å²) in [5.41, 5.74) is 5.41. The number of aromatic nitrogens is 2. The van der Waals surface area contributed by atoms with Gasteiger partial charge >= 0.3 is 0 Å². The van der Waals surface area contributed by atoms with Crippen molar-refractivity contribution in [3.63, 3.8) is 0 Å². The van der Waals surface area contributed by atoms with E-state index in [0.717, 1.165) is 61.1 Å². The summed E-state index contributed by atoms with van der Waals surface area (Å²) in [5.74, 6) is 1.51. The average Bonchev–Trinajstić information content (AvgIpc) is 3.20. The first-order valence-electron chi connectivity index (χ1n) is 18.6. The molecule has 9 rings (SSSR count). The molecule has 0 unspecified atom stereocenters. The van der Waals surface area contributed by atoms with E-state index >= 15 is 0 Å². The molecule has 3 aliphatic heterocycles. The summed E-state index contributed by atoms with van der Waals surface area (Å²) in [6.45, 7) is 7.21. The van der Waals surface area contributed by atoms with Crippen molar-refractivity contribution in [1.29, 1.82) is 0 Å². The molecule has 2 aromatic heterocycles. The zero-order chi connectivity index (χ0) is 37.2. The van der Waals surface area contributed by atoms with Crippen LogP contribution >= 0.6 is 7.14 Å². The van der Waals surface area contributed by atoms with E-state index in [1.807, 2.05) is 105 Å². The van der Waals surface area contributed by atoms with E-state index in [4.69, 9.17) is 38.4 Å². The van der Waals surface area contributed by atoms with Gasteiger partial charge in [0.05, 0.1) is 74.3 Å². The lowest BCUT2D eigenvalue weighted by Crippen LogP contribution is -2.27. The number of ether oxygens (including phenoxy) is 6. The Labute approximate surface area is 316 Å². The zero-order valence-corrected chi connectivity index (χ0v) is 31.8. The van der Waals surface area contributed by atoms with Gasteiger partial charge in [0.25, 0.3) is 0 Å². The minimum atomic E-state index is -2.81. The fraction of sp³-hybridized carbons (Fsp3) is 0.318. The molecule has 5 heterocycles. The molecule has 54 heavy (non-hydrogen) atoms. The maximum Gasteiger partial charge on any atom is 0.120 e. The van der Waals surface area contributed by atoms with Gasteiger partial charge in [-0.1, -0.05) is 54.6 Å². The van der Waals surface area contributed by atoms with E-state index in [9.17, 15) is 4.57 Å². The summed E-state index contributed by atoms with van der Waals surface area (Å²) in [4.78, 5) is 10.2. The van der Waals surface area contributed by atoms with Crippen LogP contribution in [0.4, 0.5) is 0 Å². The zero-order valence-electron chi connectivity index (χ0n) is 30.9. The number of fused-ring (bicyclic) bond motifs is 2. The van der Waals surface area contributed by atoms with Crippen LogP contribution in [0.5, 0.6) is 11.5 Å². The molecule has 4 aromatic carbocycles. The van der Waals surface area contributed by atoms with Crippen molar-refractivity contribution in [2.75, 3.05) is 65.2 Å². The highest BCUT2D eigenvalue weighted by Gasteiger charge is 2.30. The third-order valence-electron chi connectivity index (χ3n) is 9.40. The topological polar surface area (TPSA) is 98.2 Å². The van der Waals surface area contributed by atoms with Crippen molar-refractivity contribution in [1.82, 2.24) is 9.97 Å². The van der Waals surface area contributed by atoms with Gasteiger partial charge in [-0.2, -0.15) is 0 Å². The molecule has 3 aliphatic rings. The fourth-order valence-electron chi connectivity index (χ4n) is 6.71. The molecule has 280 valence electrons. The molecular weight excluding hydrogens is 699 g/mol. The van der Waals surface area contributed by atoms with Gasteiger partial charge in [-0.15, -0.1) is 0 Å². The van der Waals surface area contributed by atoms with Crippen LogP contribution in [0, 0.1) is 0 Å². The molecule has 8 bridgehead atoms. The Balaban J connectivity index is 1.06. The second-order valence-corrected chi connectivity index (χ2v) is 16.6. The summed E-state index contributed by atoms with van der Waals surface area (Å²) in [5, 5.41) is 2.90. The van der Waals surface area contributed by atoms with Crippen LogP contribution in [0.1, 0.15) is 13.8 Å². The third kappa shape index (κ3) is 9.72. The predicted molar refractivity (Wildman–Crippen MR) is 215 cm³/mol. The van der Waals surface area contributed by atoms with Crippen LogP contribution < -0.4 is 14.8 Å². The summed E-state index contributed by atoms with van der Waals surface area (Å²) in [6.07, 6.45) is 0.397. The van der Waals surface area contributed by atoms with E-state index in [2.05, 4.69) is 24.3 Å². The highest BCUT2D eigenvalue weighted by molar-refractivity contribution is 7.71. The van der Waals surface area contributed by atoms with E-state index in [0.29, 0.717) is 65.2 Å². The second kappa shape index (κ2) is 18.1. The molecule has 10 heteroatoms. The van der Waals surface area contributed by atoms with Crippen LogP contribution in [0.25, 0.3) is 44.3 Å². The summed E-state index contributed by atoms with van der Waals surface area (Å²) >= 11 is 0. The predicted octanol–water partition coefficient (Wildman–Crippen LogP) is 8.42. The smallest absolute Gasteiger partial charge is 0.120 e. The number of benzene rings is 4. The minimum Gasteiger partial charge on any atom is -0.491 e. The SMILES string of the molecule is C[C@H]1CP(=O)(c2ccccc2)C[C@H](C)OCCOCCOc2ccc(cc2)-c2ccc3ccc4ccc(nc4c3n2)-c2ccc(cc2)OCCOCCO1. The van der Waals surface area contributed by atoms with Crippen LogP contribution in [0.3, 0.4) is 0 Å². The molecule has 0 saturated heterocycles. The minimum absolute atomic E-state index is 0.219. The Kier molecular flexibility index (Phi) is 12.7. The molecule has 0 radical (unpaired) electrons. The van der Waals surface area contributed by atoms with Crippen molar-refractivity contribution in [3.8, 4) is 34.0 Å². The molecule has 6 aromatic rings. The van der Waals surface area contributed by atoms with Gasteiger partial charge in [0.15, 0.2) is 0 Å². The largest absolute Gasteiger partial charge is 0.491 e.